The first-order valence-corrected chi connectivity index (χ1v) is 8.67. The van der Waals surface area contributed by atoms with Gasteiger partial charge in [-0.25, -0.2) is 9.18 Å². The molecule has 3 rings (SSSR count). The summed E-state index contributed by atoms with van der Waals surface area (Å²) in [5.41, 5.74) is 1.72. The van der Waals surface area contributed by atoms with E-state index in [1.807, 2.05) is 0 Å². The van der Waals surface area contributed by atoms with Gasteiger partial charge in [0.25, 0.3) is 0 Å². The smallest absolute Gasteiger partial charge is 0.339 e. The number of ether oxygens (including phenoxy) is 2. The van der Waals surface area contributed by atoms with Crippen LogP contribution < -0.4 is 4.74 Å². The van der Waals surface area contributed by atoms with E-state index in [2.05, 4.69) is 6.07 Å². The molecule has 0 amide bonds. The van der Waals surface area contributed by atoms with Crippen LogP contribution in [0.15, 0.2) is 66.7 Å². The number of nitriles is 1. The van der Waals surface area contributed by atoms with Gasteiger partial charge in [0.15, 0.2) is 6.61 Å². The van der Waals surface area contributed by atoms with Crippen LogP contribution in [0.25, 0.3) is 11.1 Å². The highest BCUT2D eigenvalue weighted by Crippen LogP contribution is 2.27. The molecule has 29 heavy (non-hydrogen) atoms. The Morgan fingerprint density at radius 3 is 2.38 bits per heavy atom. The first-order chi connectivity index (χ1) is 14.0. The van der Waals surface area contributed by atoms with Crippen molar-refractivity contribution in [2.24, 2.45) is 0 Å². The van der Waals surface area contributed by atoms with Gasteiger partial charge in [-0.3, -0.25) is 4.79 Å². The van der Waals surface area contributed by atoms with E-state index in [4.69, 9.17) is 9.47 Å². The lowest BCUT2D eigenvalue weighted by molar-refractivity contribution is 0.0474. The van der Waals surface area contributed by atoms with Crippen LogP contribution in [0, 0.1) is 17.1 Å². The van der Waals surface area contributed by atoms with Crippen molar-refractivity contribution in [2.75, 3.05) is 13.7 Å². The molecule has 0 saturated heterocycles. The molecule has 0 aliphatic carbocycles. The average molecular weight is 389 g/mol. The Balaban J connectivity index is 1.84. The van der Waals surface area contributed by atoms with Gasteiger partial charge in [-0.15, -0.1) is 0 Å². The summed E-state index contributed by atoms with van der Waals surface area (Å²) in [4.78, 5) is 25.0. The summed E-state index contributed by atoms with van der Waals surface area (Å²) in [6.45, 7) is -0.577. The van der Waals surface area contributed by atoms with Gasteiger partial charge < -0.3 is 9.47 Å². The maximum atomic E-state index is 13.5. The Morgan fingerprint density at radius 2 is 1.66 bits per heavy atom. The van der Waals surface area contributed by atoms with Crippen molar-refractivity contribution in [3.8, 4) is 22.9 Å². The highest BCUT2D eigenvalue weighted by Gasteiger charge is 2.19. The molecule has 0 heterocycles. The highest BCUT2D eigenvalue weighted by atomic mass is 19.1. The summed E-state index contributed by atoms with van der Waals surface area (Å²) < 4.78 is 23.7. The van der Waals surface area contributed by atoms with E-state index in [9.17, 15) is 19.2 Å². The molecular weight excluding hydrogens is 373 g/mol. The minimum Gasteiger partial charge on any atom is -0.496 e. The number of rotatable bonds is 6. The van der Waals surface area contributed by atoms with Gasteiger partial charge in [0.1, 0.15) is 11.6 Å². The van der Waals surface area contributed by atoms with Gasteiger partial charge >= 0.3 is 5.97 Å². The van der Waals surface area contributed by atoms with Crippen molar-refractivity contribution in [3.05, 3.63) is 89.2 Å². The number of nitrogens with zero attached hydrogens (tertiary/aromatic N) is 1. The van der Waals surface area contributed by atoms with Gasteiger partial charge in [-0.1, -0.05) is 36.4 Å². The number of ketones is 1. The fourth-order valence-corrected chi connectivity index (χ4v) is 2.90. The normalized spacial score (nSPS) is 10.1. The molecule has 0 atom stereocenters. The summed E-state index contributed by atoms with van der Waals surface area (Å²) in [5, 5.41) is 9.33. The van der Waals surface area contributed by atoms with E-state index in [1.165, 1.54) is 19.2 Å². The Kier molecular flexibility index (Phi) is 6.00. The van der Waals surface area contributed by atoms with Crippen molar-refractivity contribution >= 4 is 11.8 Å². The number of carbonyl (C=O) groups is 2. The molecule has 0 N–H and O–H groups in total. The minimum atomic E-state index is -0.725. The zero-order valence-electron chi connectivity index (χ0n) is 15.5. The van der Waals surface area contributed by atoms with Crippen LogP contribution in [0.2, 0.25) is 0 Å². The van der Waals surface area contributed by atoms with Crippen LogP contribution in [-0.4, -0.2) is 25.5 Å². The molecule has 0 aliphatic rings. The minimum absolute atomic E-state index is 0.0107. The topological polar surface area (TPSA) is 76.4 Å². The Morgan fingerprint density at radius 1 is 0.966 bits per heavy atom. The van der Waals surface area contributed by atoms with Crippen LogP contribution >= 0.6 is 0 Å². The molecule has 3 aromatic rings. The summed E-state index contributed by atoms with van der Waals surface area (Å²) in [6.07, 6.45) is 0. The number of benzene rings is 3. The van der Waals surface area contributed by atoms with Crippen molar-refractivity contribution in [2.45, 2.75) is 0 Å². The summed E-state index contributed by atoms with van der Waals surface area (Å²) >= 11 is 0. The number of methoxy groups -OCH3 is 1. The molecule has 0 bridgehead atoms. The second-order valence-corrected chi connectivity index (χ2v) is 6.05. The Bertz CT molecular complexity index is 1120. The molecular formula is C23H16FNO4. The molecule has 0 radical (unpaired) electrons. The number of carbonyl (C=O) groups excluding carboxylic acids is 2. The standard InChI is InChI=1S/C23H16FNO4/c1-28-22-11-10-16(24)12-20(22)21(26)14-29-23(27)19-9-5-4-8-18(19)17-7-3-2-6-15(17)13-25/h2-12H,14H2,1H3. The zero-order chi connectivity index (χ0) is 20.8. The third kappa shape index (κ3) is 4.30. The van der Waals surface area contributed by atoms with Crippen LogP contribution in [0.1, 0.15) is 26.3 Å². The van der Waals surface area contributed by atoms with Crippen molar-refractivity contribution in [3.63, 3.8) is 0 Å². The molecule has 5 nitrogen and oxygen atoms in total. The van der Waals surface area contributed by atoms with E-state index in [1.54, 1.807) is 48.5 Å². The molecule has 144 valence electrons. The monoisotopic (exact) mass is 389 g/mol. The first kappa shape index (κ1) is 19.8. The summed E-state index contributed by atoms with van der Waals surface area (Å²) in [6, 6.07) is 19.2. The molecule has 0 saturated carbocycles. The van der Waals surface area contributed by atoms with Crippen LogP contribution in [0.3, 0.4) is 0 Å². The van der Waals surface area contributed by atoms with E-state index in [-0.39, 0.29) is 16.9 Å². The van der Waals surface area contributed by atoms with E-state index in [0.717, 1.165) is 6.07 Å². The fourth-order valence-electron chi connectivity index (χ4n) is 2.90. The number of Topliss-reactive ketones (excluding diaryl/α,β-unsaturated/α-hetero) is 1. The predicted molar refractivity (Wildman–Crippen MR) is 104 cm³/mol. The predicted octanol–water partition coefficient (Wildman–Crippen LogP) is 4.41. The van der Waals surface area contributed by atoms with Crippen molar-refractivity contribution in [1.29, 1.82) is 5.26 Å². The number of halogens is 1. The third-order valence-electron chi connectivity index (χ3n) is 4.28. The number of esters is 1. The molecule has 3 aromatic carbocycles. The molecule has 0 spiro atoms. The lowest BCUT2D eigenvalue weighted by Crippen LogP contribution is -2.16. The maximum absolute atomic E-state index is 13.5. The largest absolute Gasteiger partial charge is 0.496 e. The molecule has 0 aliphatic heterocycles. The average Bonchev–Trinajstić information content (AvgIpc) is 2.77. The van der Waals surface area contributed by atoms with Crippen LogP contribution in [-0.2, 0) is 4.74 Å². The molecule has 6 heteroatoms. The van der Waals surface area contributed by atoms with E-state index in [0.29, 0.717) is 16.7 Å². The van der Waals surface area contributed by atoms with Crippen LogP contribution in [0.4, 0.5) is 4.39 Å². The second-order valence-electron chi connectivity index (χ2n) is 6.05. The van der Waals surface area contributed by atoms with E-state index >= 15 is 0 Å². The van der Waals surface area contributed by atoms with Gasteiger partial charge in [0.05, 0.1) is 29.9 Å². The number of hydrogen-bond donors (Lipinski definition) is 0. The fraction of sp³-hybridized carbons (Fsp3) is 0.0870. The lowest BCUT2D eigenvalue weighted by Gasteiger charge is -2.11. The highest BCUT2D eigenvalue weighted by molar-refractivity contribution is 6.03. The van der Waals surface area contributed by atoms with Crippen molar-refractivity contribution < 1.29 is 23.5 Å². The van der Waals surface area contributed by atoms with Gasteiger partial charge in [0, 0.05) is 5.56 Å². The lowest BCUT2D eigenvalue weighted by atomic mass is 9.96. The summed E-state index contributed by atoms with van der Waals surface area (Å²) in [5.74, 6) is -1.73. The Hall–Kier alpha value is -3.98. The molecule has 0 unspecified atom stereocenters. The second kappa shape index (κ2) is 8.81. The van der Waals surface area contributed by atoms with E-state index < -0.39 is 24.2 Å². The third-order valence-corrected chi connectivity index (χ3v) is 4.28. The molecule has 0 aromatic heterocycles. The van der Waals surface area contributed by atoms with Crippen molar-refractivity contribution in [1.82, 2.24) is 0 Å². The summed E-state index contributed by atoms with van der Waals surface area (Å²) in [7, 11) is 1.36. The quantitative estimate of drug-likeness (QED) is 0.461. The first-order valence-electron chi connectivity index (χ1n) is 8.67. The maximum Gasteiger partial charge on any atom is 0.339 e. The molecule has 0 fully saturated rings. The zero-order valence-corrected chi connectivity index (χ0v) is 15.5. The SMILES string of the molecule is COc1ccc(F)cc1C(=O)COC(=O)c1ccccc1-c1ccccc1C#N. The Labute approximate surface area is 166 Å². The van der Waals surface area contributed by atoms with Gasteiger partial charge in [-0.05, 0) is 35.9 Å². The van der Waals surface area contributed by atoms with Gasteiger partial charge in [-0.2, -0.15) is 5.26 Å². The number of hydrogen-bond acceptors (Lipinski definition) is 5. The van der Waals surface area contributed by atoms with Crippen LogP contribution in [0.5, 0.6) is 5.75 Å². The van der Waals surface area contributed by atoms with Gasteiger partial charge in [0.2, 0.25) is 5.78 Å².